The Balaban J connectivity index is 1.85. The van der Waals surface area contributed by atoms with E-state index in [2.05, 4.69) is 13.8 Å². The van der Waals surface area contributed by atoms with Crippen LogP contribution in [0, 0.1) is 0 Å². The zero-order valence-electron chi connectivity index (χ0n) is 20.0. The first-order valence-corrected chi connectivity index (χ1v) is 12.0. The first kappa shape index (κ1) is 26.6. The van der Waals surface area contributed by atoms with Crippen molar-refractivity contribution in [3.63, 3.8) is 0 Å². The first-order valence-electron chi connectivity index (χ1n) is 12.0. The van der Waals surface area contributed by atoms with Crippen LogP contribution in [0.25, 0.3) is 0 Å². The molecule has 0 heterocycles. The van der Waals surface area contributed by atoms with E-state index in [1.807, 2.05) is 31.2 Å². The number of rotatable bonds is 15. The van der Waals surface area contributed by atoms with Crippen LogP contribution in [0.3, 0.4) is 0 Å². The van der Waals surface area contributed by atoms with Gasteiger partial charge in [0.25, 0.3) is 0 Å². The summed E-state index contributed by atoms with van der Waals surface area (Å²) >= 11 is 0. The maximum atomic E-state index is 12.3. The lowest BCUT2D eigenvalue weighted by Gasteiger charge is -2.15. The third kappa shape index (κ3) is 9.76. The monoisotopic (exact) mass is 456 g/mol. The summed E-state index contributed by atoms with van der Waals surface area (Å²) in [5.41, 5.74) is 3.10. The van der Waals surface area contributed by atoms with Gasteiger partial charge < -0.3 is 0 Å². The Morgan fingerprint density at radius 2 is 1.03 bits per heavy atom. The molecule has 0 spiro atoms. The Labute approximate surface area is 197 Å². The van der Waals surface area contributed by atoms with Crippen molar-refractivity contribution < 1.29 is 29.1 Å². The molecule has 0 saturated carbocycles. The van der Waals surface area contributed by atoms with Gasteiger partial charge in [-0.05, 0) is 67.5 Å². The molecule has 0 amide bonds. The molecule has 2 aromatic carbocycles. The number of aryl methyl sites for hydroxylation is 2. The van der Waals surface area contributed by atoms with Gasteiger partial charge in [0.05, 0.1) is 11.1 Å². The molecule has 0 fully saturated rings. The van der Waals surface area contributed by atoms with E-state index >= 15 is 0 Å². The van der Waals surface area contributed by atoms with E-state index in [1.54, 1.807) is 24.3 Å². The lowest BCUT2D eigenvalue weighted by Crippen LogP contribution is -2.22. The van der Waals surface area contributed by atoms with Gasteiger partial charge >= 0.3 is 11.9 Å². The Bertz CT molecular complexity index is 761. The predicted octanol–water partition coefficient (Wildman–Crippen LogP) is 6.77. The highest BCUT2D eigenvalue weighted by atomic mass is 17.3. The van der Waals surface area contributed by atoms with E-state index in [-0.39, 0.29) is 0 Å². The minimum absolute atomic E-state index is 0.379. The van der Waals surface area contributed by atoms with E-state index in [0.29, 0.717) is 17.5 Å². The fraction of sp³-hybridized carbons (Fsp3) is 0.481. The van der Waals surface area contributed by atoms with Crippen LogP contribution in [0.1, 0.15) is 97.6 Å². The second kappa shape index (κ2) is 15.2. The summed E-state index contributed by atoms with van der Waals surface area (Å²) in [5.74, 6) is -1.26. The number of benzene rings is 2. The van der Waals surface area contributed by atoms with E-state index in [1.165, 1.54) is 11.1 Å². The van der Waals surface area contributed by atoms with Crippen LogP contribution in [0.2, 0.25) is 0 Å². The minimum atomic E-state index is -1.01. The molecular formula is C27H36O6. The number of carbonyl (C=O) groups is 2. The molecule has 0 unspecified atom stereocenters. The number of hydrogen-bond acceptors (Lipinski definition) is 6. The summed E-state index contributed by atoms with van der Waals surface area (Å²) in [4.78, 5) is 44.8. The van der Waals surface area contributed by atoms with Crippen molar-refractivity contribution >= 4 is 11.9 Å². The van der Waals surface area contributed by atoms with Crippen LogP contribution in [-0.4, -0.2) is 18.2 Å². The lowest BCUT2D eigenvalue weighted by molar-refractivity contribution is -0.421. The zero-order chi connectivity index (χ0) is 23.9. The maximum Gasteiger partial charge on any atom is 0.373 e. The number of unbranched alkanes of at least 4 members (excludes halogenated alkanes) is 3. The van der Waals surface area contributed by atoms with Gasteiger partial charge in [-0.3, -0.25) is 9.78 Å². The molecule has 2 aromatic rings. The Kier molecular flexibility index (Phi) is 12.2. The Morgan fingerprint density at radius 1 is 0.636 bits per heavy atom. The summed E-state index contributed by atoms with van der Waals surface area (Å²) in [6, 6.07) is 14.5. The van der Waals surface area contributed by atoms with Crippen LogP contribution < -0.4 is 0 Å². The molecule has 6 heteroatoms. The third-order valence-electron chi connectivity index (χ3n) is 5.27. The van der Waals surface area contributed by atoms with Crippen LogP contribution in [0.5, 0.6) is 0 Å². The molecule has 0 aromatic heterocycles. The summed E-state index contributed by atoms with van der Waals surface area (Å²) in [5, 5.41) is 0. The average Bonchev–Trinajstić information content (AvgIpc) is 2.86. The van der Waals surface area contributed by atoms with Crippen molar-refractivity contribution in [1.29, 1.82) is 0 Å². The van der Waals surface area contributed by atoms with Crippen LogP contribution >= 0.6 is 0 Å². The van der Waals surface area contributed by atoms with Gasteiger partial charge in [0.1, 0.15) is 0 Å². The molecule has 0 N–H and O–H groups in total. The standard InChI is InChI=1S/C27H36O6/c1-4-7-10-21-13-17-23(18-14-21)26(28)32-30-25(12-9-6-3)31-33-27(29)24-19-15-22(16-20-24)11-8-5-2/h13-20,25H,4-12H2,1-3H3. The quantitative estimate of drug-likeness (QED) is 0.167. The van der Waals surface area contributed by atoms with Crippen molar-refractivity contribution in [3.8, 4) is 0 Å². The van der Waals surface area contributed by atoms with Gasteiger partial charge in [-0.25, -0.2) is 9.59 Å². The Morgan fingerprint density at radius 3 is 1.39 bits per heavy atom. The Hall–Kier alpha value is -2.70. The fourth-order valence-corrected chi connectivity index (χ4v) is 3.15. The summed E-state index contributed by atoms with van der Waals surface area (Å²) in [7, 11) is 0. The summed E-state index contributed by atoms with van der Waals surface area (Å²) in [6.07, 6.45) is 7.41. The predicted molar refractivity (Wildman–Crippen MR) is 126 cm³/mol. The summed E-state index contributed by atoms with van der Waals surface area (Å²) in [6.45, 7) is 6.29. The SMILES string of the molecule is CCCCc1ccc(C(=O)OOC(CCCC)OOC(=O)c2ccc(CCCC)cc2)cc1. The van der Waals surface area contributed by atoms with Gasteiger partial charge in [0.15, 0.2) is 0 Å². The molecule has 0 aliphatic carbocycles. The van der Waals surface area contributed by atoms with Crippen LogP contribution in [-0.2, 0) is 32.4 Å². The normalized spacial score (nSPS) is 10.9. The van der Waals surface area contributed by atoms with E-state index in [9.17, 15) is 9.59 Å². The second-order valence-corrected chi connectivity index (χ2v) is 8.11. The molecule has 0 bridgehead atoms. The van der Waals surface area contributed by atoms with Crippen molar-refractivity contribution in [1.82, 2.24) is 0 Å². The van der Waals surface area contributed by atoms with Crippen LogP contribution in [0.15, 0.2) is 48.5 Å². The van der Waals surface area contributed by atoms with Crippen molar-refractivity contribution in [3.05, 3.63) is 70.8 Å². The molecule has 33 heavy (non-hydrogen) atoms. The van der Waals surface area contributed by atoms with Crippen molar-refractivity contribution in [2.75, 3.05) is 0 Å². The smallest absolute Gasteiger partial charge is 0.290 e. The maximum absolute atomic E-state index is 12.3. The molecule has 0 atom stereocenters. The van der Waals surface area contributed by atoms with Gasteiger partial charge in [-0.1, -0.05) is 64.3 Å². The first-order chi connectivity index (χ1) is 16.1. The molecule has 0 aliphatic heterocycles. The zero-order valence-corrected chi connectivity index (χ0v) is 20.0. The highest BCUT2D eigenvalue weighted by molar-refractivity contribution is 5.89. The average molecular weight is 457 g/mol. The van der Waals surface area contributed by atoms with E-state index in [4.69, 9.17) is 19.6 Å². The molecule has 0 saturated heterocycles. The second-order valence-electron chi connectivity index (χ2n) is 8.11. The van der Waals surface area contributed by atoms with Crippen molar-refractivity contribution in [2.45, 2.75) is 84.8 Å². The highest BCUT2D eigenvalue weighted by Gasteiger charge is 2.19. The molecule has 6 nitrogen and oxygen atoms in total. The molecule has 180 valence electrons. The molecule has 0 aliphatic rings. The third-order valence-corrected chi connectivity index (χ3v) is 5.27. The largest absolute Gasteiger partial charge is 0.373 e. The van der Waals surface area contributed by atoms with Gasteiger partial charge in [-0.15, -0.1) is 9.78 Å². The number of carbonyl (C=O) groups excluding carboxylic acids is 2. The molecular weight excluding hydrogens is 420 g/mol. The lowest BCUT2D eigenvalue weighted by atomic mass is 10.1. The molecule has 0 radical (unpaired) electrons. The molecule has 2 rings (SSSR count). The van der Waals surface area contributed by atoms with Gasteiger partial charge in [-0.2, -0.15) is 0 Å². The van der Waals surface area contributed by atoms with E-state index in [0.717, 1.165) is 51.4 Å². The minimum Gasteiger partial charge on any atom is -0.290 e. The topological polar surface area (TPSA) is 71.1 Å². The number of hydrogen-bond donors (Lipinski definition) is 0. The van der Waals surface area contributed by atoms with E-state index < -0.39 is 18.2 Å². The van der Waals surface area contributed by atoms with Crippen molar-refractivity contribution in [2.24, 2.45) is 0 Å². The summed E-state index contributed by atoms with van der Waals surface area (Å²) < 4.78 is 0. The highest BCUT2D eigenvalue weighted by Crippen LogP contribution is 2.14. The van der Waals surface area contributed by atoms with Gasteiger partial charge in [0, 0.05) is 6.42 Å². The van der Waals surface area contributed by atoms with Gasteiger partial charge in [0.2, 0.25) is 6.29 Å². The van der Waals surface area contributed by atoms with Crippen LogP contribution in [0.4, 0.5) is 0 Å². The fourth-order valence-electron chi connectivity index (χ4n) is 3.15.